The van der Waals surface area contributed by atoms with Crippen LogP contribution in [-0.2, 0) is 11.3 Å². The Hall–Kier alpha value is -1.48. The molecule has 0 unspecified atom stereocenters. The fraction of sp³-hybridized carbons (Fsp3) is 0.500. The Morgan fingerprint density at radius 2 is 2.16 bits per heavy atom. The van der Waals surface area contributed by atoms with Crippen LogP contribution in [0.25, 0.3) is 0 Å². The van der Waals surface area contributed by atoms with Gasteiger partial charge in [-0.2, -0.15) is 5.26 Å². The highest BCUT2D eigenvalue weighted by molar-refractivity contribution is 5.32. The van der Waals surface area contributed by atoms with Gasteiger partial charge in [0.15, 0.2) is 0 Å². The molecule has 0 atom stereocenters. The van der Waals surface area contributed by atoms with Crippen molar-refractivity contribution in [1.82, 2.24) is 10.2 Å². The Kier molecular flexibility index (Phi) is 7.04. The molecule has 0 radical (unpaired) electrons. The minimum Gasteiger partial charge on any atom is -0.379 e. The minimum absolute atomic E-state index is 0.341. The smallest absolute Gasteiger partial charge is 0.129 e. The Balaban J connectivity index is 2.18. The second-order valence-electron chi connectivity index (χ2n) is 4.51. The molecular weight excluding hydrogens is 245 g/mol. The summed E-state index contributed by atoms with van der Waals surface area (Å²) in [5.41, 5.74) is 0.903. The molecule has 0 fully saturated rings. The second kappa shape index (κ2) is 8.59. The maximum absolute atomic E-state index is 13.5. The zero-order valence-electron chi connectivity index (χ0n) is 11.4. The number of ether oxygens (including phenoxy) is 1. The highest BCUT2D eigenvalue weighted by atomic mass is 19.1. The maximum atomic E-state index is 13.5. The van der Waals surface area contributed by atoms with Gasteiger partial charge in [-0.3, -0.25) is 0 Å². The third-order valence-electron chi connectivity index (χ3n) is 2.60. The fourth-order valence-electron chi connectivity index (χ4n) is 1.48. The van der Waals surface area contributed by atoms with Crippen LogP contribution in [-0.4, -0.2) is 45.3 Å². The highest BCUT2D eigenvalue weighted by Gasteiger charge is 2.02. The number of hydrogen-bond acceptors (Lipinski definition) is 4. The summed E-state index contributed by atoms with van der Waals surface area (Å²) in [6.07, 6.45) is 0. The predicted molar refractivity (Wildman–Crippen MR) is 72.2 cm³/mol. The quantitative estimate of drug-likeness (QED) is 0.721. The first-order valence-corrected chi connectivity index (χ1v) is 6.25. The molecule has 5 heteroatoms. The number of halogens is 1. The molecule has 4 nitrogen and oxygen atoms in total. The lowest BCUT2D eigenvalue weighted by Gasteiger charge is -2.10. The normalized spacial score (nSPS) is 10.7. The van der Waals surface area contributed by atoms with Gasteiger partial charge in [0.05, 0.1) is 24.8 Å². The Morgan fingerprint density at radius 1 is 1.37 bits per heavy atom. The number of nitrogens with one attached hydrogen (secondary N) is 1. The van der Waals surface area contributed by atoms with Gasteiger partial charge < -0.3 is 15.0 Å². The van der Waals surface area contributed by atoms with Crippen LogP contribution in [0.4, 0.5) is 4.39 Å². The first-order valence-electron chi connectivity index (χ1n) is 6.25. The maximum Gasteiger partial charge on any atom is 0.129 e. The zero-order chi connectivity index (χ0) is 14.1. The summed E-state index contributed by atoms with van der Waals surface area (Å²) in [5.74, 6) is -0.347. The molecule has 1 aromatic rings. The van der Waals surface area contributed by atoms with Crippen LogP contribution >= 0.6 is 0 Å². The fourth-order valence-corrected chi connectivity index (χ4v) is 1.48. The molecule has 0 saturated carbocycles. The zero-order valence-corrected chi connectivity index (χ0v) is 11.4. The van der Waals surface area contributed by atoms with Crippen LogP contribution in [0.5, 0.6) is 0 Å². The van der Waals surface area contributed by atoms with Gasteiger partial charge in [0.2, 0.25) is 0 Å². The molecule has 0 spiro atoms. The molecule has 1 N–H and O–H groups in total. The molecule has 1 rings (SSSR count). The van der Waals surface area contributed by atoms with E-state index in [4.69, 9.17) is 10.00 Å². The van der Waals surface area contributed by atoms with Gasteiger partial charge in [-0.15, -0.1) is 0 Å². The van der Waals surface area contributed by atoms with E-state index < -0.39 is 0 Å². The van der Waals surface area contributed by atoms with Crippen molar-refractivity contribution in [2.75, 3.05) is 40.4 Å². The molecule has 0 aromatic heterocycles. The molecule has 0 heterocycles. The summed E-state index contributed by atoms with van der Waals surface area (Å²) in [7, 11) is 3.99. The van der Waals surface area contributed by atoms with E-state index in [-0.39, 0.29) is 5.82 Å². The third kappa shape index (κ3) is 6.30. The molecule has 104 valence electrons. The summed E-state index contributed by atoms with van der Waals surface area (Å²) in [4.78, 5) is 2.06. The molecule has 0 aliphatic rings. The third-order valence-corrected chi connectivity index (χ3v) is 2.60. The lowest BCUT2D eigenvalue weighted by Crippen LogP contribution is -2.23. The van der Waals surface area contributed by atoms with Crippen molar-refractivity contribution in [2.45, 2.75) is 6.54 Å². The lowest BCUT2D eigenvalue weighted by molar-refractivity contribution is 0.119. The number of hydrogen-bond donors (Lipinski definition) is 1. The number of benzene rings is 1. The Bertz CT molecular complexity index is 429. The van der Waals surface area contributed by atoms with E-state index in [2.05, 4.69) is 10.2 Å². The summed E-state index contributed by atoms with van der Waals surface area (Å²) >= 11 is 0. The number of likely N-dealkylation sites (N-methyl/N-ethyl adjacent to an activating group) is 1. The topological polar surface area (TPSA) is 48.3 Å². The van der Waals surface area contributed by atoms with Gasteiger partial charge in [0.25, 0.3) is 0 Å². The van der Waals surface area contributed by atoms with E-state index in [1.54, 1.807) is 12.1 Å². The number of nitriles is 1. The van der Waals surface area contributed by atoms with Crippen molar-refractivity contribution < 1.29 is 9.13 Å². The van der Waals surface area contributed by atoms with Crippen LogP contribution in [0.1, 0.15) is 11.1 Å². The monoisotopic (exact) mass is 265 g/mol. The molecule has 19 heavy (non-hydrogen) atoms. The molecule has 0 saturated heterocycles. The van der Waals surface area contributed by atoms with Gasteiger partial charge in [-0.1, -0.05) is 6.07 Å². The van der Waals surface area contributed by atoms with Crippen molar-refractivity contribution in [2.24, 2.45) is 0 Å². The van der Waals surface area contributed by atoms with Gasteiger partial charge in [0.1, 0.15) is 5.82 Å². The van der Waals surface area contributed by atoms with E-state index in [0.29, 0.717) is 37.4 Å². The summed E-state index contributed by atoms with van der Waals surface area (Å²) < 4.78 is 18.9. The SMILES string of the molecule is CN(C)CCOCCNCc1ccc(C#N)cc1F. The minimum atomic E-state index is -0.347. The van der Waals surface area contributed by atoms with E-state index in [0.717, 1.165) is 6.54 Å². The summed E-state index contributed by atoms with van der Waals surface area (Å²) in [6.45, 7) is 3.30. The average molecular weight is 265 g/mol. The van der Waals surface area contributed by atoms with Gasteiger partial charge >= 0.3 is 0 Å². The van der Waals surface area contributed by atoms with Crippen molar-refractivity contribution in [3.05, 3.63) is 35.1 Å². The van der Waals surface area contributed by atoms with Crippen molar-refractivity contribution in [3.63, 3.8) is 0 Å². The van der Waals surface area contributed by atoms with Crippen LogP contribution in [0.15, 0.2) is 18.2 Å². The molecule has 0 bridgehead atoms. The van der Waals surface area contributed by atoms with Gasteiger partial charge in [0, 0.05) is 25.2 Å². The average Bonchev–Trinajstić information content (AvgIpc) is 2.38. The molecule has 0 amide bonds. The van der Waals surface area contributed by atoms with Gasteiger partial charge in [-0.05, 0) is 26.2 Å². The number of rotatable bonds is 8. The van der Waals surface area contributed by atoms with E-state index in [9.17, 15) is 4.39 Å². The molecular formula is C14H20FN3O. The van der Waals surface area contributed by atoms with Crippen LogP contribution in [0.2, 0.25) is 0 Å². The largest absolute Gasteiger partial charge is 0.379 e. The molecule has 0 aliphatic carbocycles. The summed E-state index contributed by atoms with van der Waals surface area (Å²) in [5, 5.41) is 11.7. The van der Waals surface area contributed by atoms with Crippen molar-refractivity contribution in [3.8, 4) is 6.07 Å². The second-order valence-corrected chi connectivity index (χ2v) is 4.51. The van der Waals surface area contributed by atoms with E-state index >= 15 is 0 Å². The Labute approximate surface area is 113 Å². The predicted octanol–water partition coefficient (Wildman–Crippen LogP) is 1.37. The van der Waals surface area contributed by atoms with Crippen LogP contribution in [0, 0.1) is 17.1 Å². The molecule has 0 aliphatic heterocycles. The summed E-state index contributed by atoms with van der Waals surface area (Å²) in [6, 6.07) is 6.42. The first-order chi connectivity index (χ1) is 9.13. The van der Waals surface area contributed by atoms with Gasteiger partial charge in [-0.25, -0.2) is 4.39 Å². The van der Waals surface area contributed by atoms with Crippen molar-refractivity contribution in [1.29, 1.82) is 5.26 Å². The van der Waals surface area contributed by atoms with E-state index in [1.807, 2.05) is 20.2 Å². The number of nitrogens with zero attached hydrogens (tertiary/aromatic N) is 2. The van der Waals surface area contributed by atoms with E-state index in [1.165, 1.54) is 6.07 Å². The van der Waals surface area contributed by atoms with Crippen molar-refractivity contribution >= 4 is 0 Å². The first kappa shape index (κ1) is 15.6. The Morgan fingerprint density at radius 3 is 2.79 bits per heavy atom. The van der Waals surface area contributed by atoms with Crippen LogP contribution < -0.4 is 5.32 Å². The standard InChI is InChI=1S/C14H20FN3O/c1-18(2)6-8-19-7-5-17-11-13-4-3-12(10-16)9-14(13)15/h3-4,9,17H,5-8,11H2,1-2H3. The van der Waals surface area contributed by atoms with Crippen LogP contribution in [0.3, 0.4) is 0 Å². The highest BCUT2D eigenvalue weighted by Crippen LogP contribution is 2.09. The molecule has 1 aromatic carbocycles. The lowest BCUT2D eigenvalue weighted by atomic mass is 10.1.